The highest BCUT2D eigenvalue weighted by molar-refractivity contribution is 5.21. The second-order valence-corrected chi connectivity index (χ2v) is 4.74. The number of hydrogen-bond acceptors (Lipinski definition) is 4. The number of phenols is 1. The first kappa shape index (κ1) is 26.4. The first-order valence-corrected chi connectivity index (χ1v) is 8.38. The lowest BCUT2D eigenvalue weighted by Crippen LogP contribution is -1.91. The molecule has 0 spiro atoms. The van der Waals surface area contributed by atoms with Crippen LogP contribution < -0.4 is 4.74 Å². The molecule has 0 radical (unpaired) electrons. The third kappa shape index (κ3) is 23.2. The maximum absolute atomic E-state index is 8.63. The Balaban J connectivity index is 0. The van der Waals surface area contributed by atoms with Crippen LogP contribution in [0.3, 0.4) is 0 Å². The van der Waals surface area contributed by atoms with Gasteiger partial charge in [-0.25, -0.2) is 0 Å². The van der Waals surface area contributed by atoms with Gasteiger partial charge in [0.1, 0.15) is 18.1 Å². The summed E-state index contributed by atoms with van der Waals surface area (Å²) in [4.78, 5) is 0. The maximum Gasteiger partial charge on any atom is 0.119 e. The molecule has 0 atom stereocenters. The van der Waals surface area contributed by atoms with E-state index in [4.69, 9.17) is 9.84 Å². The Labute approximate surface area is 164 Å². The van der Waals surface area contributed by atoms with E-state index in [1.807, 2.05) is 36.4 Å². The van der Waals surface area contributed by atoms with Gasteiger partial charge in [0.25, 0.3) is 0 Å². The quantitative estimate of drug-likeness (QED) is 0.672. The molecule has 0 heterocycles. The van der Waals surface area contributed by atoms with Crippen LogP contribution in [0.2, 0.25) is 0 Å². The Morgan fingerprint density at radius 2 is 1.11 bits per heavy atom. The highest BCUT2D eigenvalue weighted by atomic mass is 16.5. The molecule has 0 unspecified atom stereocenters. The van der Waals surface area contributed by atoms with Crippen molar-refractivity contribution in [2.45, 2.75) is 0 Å². The van der Waals surface area contributed by atoms with Gasteiger partial charge in [-0.15, -0.1) is 13.2 Å². The van der Waals surface area contributed by atoms with E-state index >= 15 is 0 Å². The van der Waals surface area contributed by atoms with Gasteiger partial charge in [0.2, 0.25) is 0 Å². The number of benzene rings is 2. The minimum Gasteiger partial charge on any atom is -0.508 e. The highest BCUT2D eigenvalue weighted by Crippen LogP contribution is 2.07. The number of aromatic hydroxyl groups is 1. The Kier molecular flexibility index (Phi) is 22.7. The topological polar surface area (TPSA) is 47.9 Å². The van der Waals surface area contributed by atoms with E-state index in [9.17, 15) is 0 Å². The Morgan fingerprint density at radius 3 is 1.37 bits per heavy atom. The summed E-state index contributed by atoms with van der Waals surface area (Å²) in [5, 5.41) is 8.63. The van der Waals surface area contributed by atoms with Crippen LogP contribution in [-0.2, 0) is 9.47 Å². The van der Waals surface area contributed by atoms with Crippen molar-refractivity contribution >= 4 is 0 Å². The summed E-state index contributed by atoms with van der Waals surface area (Å²) in [6.45, 7) is 12.3. The summed E-state index contributed by atoms with van der Waals surface area (Å²) in [5.41, 5.74) is 0. The van der Waals surface area contributed by atoms with Crippen LogP contribution in [0.15, 0.2) is 98.6 Å². The summed E-state index contributed by atoms with van der Waals surface area (Å²) in [5.74, 6) is 1.21. The van der Waals surface area contributed by atoms with Crippen molar-refractivity contribution in [3.63, 3.8) is 0 Å². The summed E-state index contributed by atoms with van der Waals surface area (Å²) >= 11 is 0. The van der Waals surface area contributed by atoms with E-state index in [-0.39, 0.29) is 0 Å². The largest absolute Gasteiger partial charge is 0.508 e. The van der Waals surface area contributed by atoms with Gasteiger partial charge >= 0.3 is 0 Å². The molecule has 148 valence electrons. The molecule has 2 aromatic carbocycles. The Bertz CT molecular complexity index is 543. The molecular weight excluding hydrogens is 340 g/mol. The third-order valence-electron chi connectivity index (χ3n) is 2.44. The lowest BCUT2D eigenvalue weighted by atomic mass is 10.3. The SMILES string of the molecule is C=CCOC.C=CCOC.C=CCOc1ccccc1.Oc1ccccc1. The maximum atomic E-state index is 8.63. The van der Waals surface area contributed by atoms with E-state index in [2.05, 4.69) is 29.2 Å². The molecule has 2 rings (SSSR count). The normalized spacial score (nSPS) is 8.22. The van der Waals surface area contributed by atoms with Crippen LogP contribution in [-0.4, -0.2) is 39.1 Å². The second kappa shape index (κ2) is 23.2. The van der Waals surface area contributed by atoms with Crippen LogP contribution in [0, 0.1) is 0 Å². The number of hydrogen-bond donors (Lipinski definition) is 1. The molecule has 2 aromatic rings. The van der Waals surface area contributed by atoms with Crippen LogP contribution in [0.25, 0.3) is 0 Å². The molecule has 0 aliphatic carbocycles. The van der Waals surface area contributed by atoms with Crippen molar-refractivity contribution in [3.8, 4) is 11.5 Å². The lowest BCUT2D eigenvalue weighted by Gasteiger charge is -1.99. The molecule has 0 saturated carbocycles. The number of rotatable bonds is 7. The first-order chi connectivity index (χ1) is 13.2. The first-order valence-electron chi connectivity index (χ1n) is 8.38. The number of methoxy groups -OCH3 is 2. The van der Waals surface area contributed by atoms with Crippen molar-refractivity contribution in [1.29, 1.82) is 0 Å². The number of ether oxygens (including phenoxy) is 3. The zero-order chi connectivity index (χ0) is 20.6. The molecule has 1 N–H and O–H groups in total. The predicted octanol–water partition coefficient (Wildman–Crippen LogP) is 5.28. The smallest absolute Gasteiger partial charge is 0.119 e. The van der Waals surface area contributed by atoms with E-state index in [1.165, 1.54) is 0 Å². The van der Waals surface area contributed by atoms with E-state index < -0.39 is 0 Å². The van der Waals surface area contributed by atoms with Gasteiger partial charge in [-0.1, -0.05) is 61.2 Å². The fourth-order valence-electron chi connectivity index (χ4n) is 1.34. The fourth-order valence-corrected chi connectivity index (χ4v) is 1.34. The zero-order valence-corrected chi connectivity index (χ0v) is 16.4. The number of phenolic OH excluding ortho intramolecular Hbond substituents is 1. The van der Waals surface area contributed by atoms with E-state index in [0.29, 0.717) is 25.6 Å². The standard InChI is InChI=1S/C9H10O.C6H6O.2C4H8O/c1-2-8-10-9-6-4-3-5-7-9;7-6-4-2-1-3-5-6;2*1-3-4-5-2/h2-7H,1,8H2;1-5,7H;2*3H,1,4H2,2H3. The summed E-state index contributed by atoms with van der Waals surface area (Å²) < 4.78 is 14.4. The summed E-state index contributed by atoms with van der Waals surface area (Å²) in [7, 11) is 3.28. The average molecular weight is 373 g/mol. The zero-order valence-electron chi connectivity index (χ0n) is 16.4. The van der Waals surface area contributed by atoms with Gasteiger partial charge in [-0.05, 0) is 24.3 Å². The third-order valence-corrected chi connectivity index (χ3v) is 2.44. The Morgan fingerprint density at radius 1 is 0.704 bits per heavy atom. The molecule has 27 heavy (non-hydrogen) atoms. The molecule has 0 amide bonds. The molecule has 0 aromatic heterocycles. The van der Waals surface area contributed by atoms with Crippen LogP contribution in [0.5, 0.6) is 11.5 Å². The summed E-state index contributed by atoms with van der Waals surface area (Å²) in [6, 6.07) is 18.4. The molecule has 0 saturated heterocycles. The lowest BCUT2D eigenvalue weighted by molar-refractivity contribution is 0.234. The predicted molar refractivity (Wildman–Crippen MR) is 114 cm³/mol. The number of para-hydroxylation sites is 2. The summed E-state index contributed by atoms with van der Waals surface area (Å²) in [6.07, 6.45) is 5.15. The van der Waals surface area contributed by atoms with Gasteiger partial charge in [0, 0.05) is 14.2 Å². The minimum absolute atomic E-state index is 0.322. The molecule has 4 nitrogen and oxygen atoms in total. The molecular formula is C23H32O4. The molecule has 0 aliphatic heterocycles. The van der Waals surface area contributed by atoms with Gasteiger partial charge < -0.3 is 19.3 Å². The van der Waals surface area contributed by atoms with Crippen molar-refractivity contribution in [2.24, 2.45) is 0 Å². The molecule has 4 heteroatoms. The average Bonchev–Trinajstić information content (AvgIpc) is 2.70. The van der Waals surface area contributed by atoms with Crippen LogP contribution in [0.4, 0.5) is 0 Å². The van der Waals surface area contributed by atoms with Crippen LogP contribution >= 0.6 is 0 Å². The molecule has 0 fully saturated rings. The van der Waals surface area contributed by atoms with Gasteiger partial charge in [0.05, 0.1) is 13.2 Å². The van der Waals surface area contributed by atoms with E-state index in [0.717, 1.165) is 5.75 Å². The van der Waals surface area contributed by atoms with Crippen molar-refractivity contribution in [1.82, 2.24) is 0 Å². The van der Waals surface area contributed by atoms with Crippen LogP contribution in [0.1, 0.15) is 0 Å². The second-order valence-electron chi connectivity index (χ2n) is 4.74. The fraction of sp³-hybridized carbons (Fsp3) is 0.217. The minimum atomic E-state index is 0.322. The molecule has 0 aliphatic rings. The molecule has 0 bridgehead atoms. The van der Waals surface area contributed by atoms with Gasteiger partial charge in [0.15, 0.2) is 0 Å². The van der Waals surface area contributed by atoms with Gasteiger partial charge in [-0.3, -0.25) is 0 Å². The highest BCUT2D eigenvalue weighted by Gasteiger charge is 1.85. The van der Waals surface area contributed by atoms with E-state index in [1.54, 1.807) is 56.7 Å². The Hall–Kier alpha value is -2.82. The van der Waals surface area contributed by atoms with Crippen molar-refractivity contribution < 1.29 is 19.3 Å². The van der Waals surface area contributed by atoms with Crippen molar-refractivity contribution in [2.75, 3.05) is 34.0 Å². The van der Waals surface area contributed by atoms with Crippen molar-refractivity contribution in [3.05, 3.63) is 98.6 Å². The van der Waals surface area contributed by atoms with Gasteiger partial charge in [-0.2, -0.15) is 0 Å². The monoisotopic (exact) mass is 372 g/mol.